The number of aromatic nitrogens is 3. The van der Waals surface area contributed by atoms with Gasteiger partial charge in [-0.2, -0.15) is 10.1 Å². The van der Waals surface area contributed by atoms with E-state index in [-0.39, 0.29) is 11.5 Å². The first-order chi connectivity index (χ1) is 11.9. The molecule has 0 aliphatic carbocycles. The molecule has 0 spiro atoms. The first kappa shape index (κ1) is 16.6. The van der Waals surface area contributed by atoms with Gasteiger partial charge in [-0.3, -0.25) is 9.59 Å². The molecule has 2 heterocycles. The van der Waals surface area contributed by atoms with Crippen LogP contribution in [0, 0.1) is 6.92 Å². The van der Waals surface area contributed by atoms with Gasteiger partial charge in [-0.05, 0) is 19.1 Å². The fraction of sp³-hybridized carbons (Fsp3) is 0.312. The number of nitrogens with zero attached hydrogens (tertiary/aromatic N) is 3. The van der Waals surface area contributed by atoms with Gasteiger partial charge in [0, 0.05) is 11.3 Å². The number of hydrogen-bond donors (Lipinski definition) is 1. The topological polar surface area (TPSA) is 112 Å². The number of para-hydroxylation sites is 1. The molecule has 1 aromatic heterocycles. The maximum Gasteiger partial charge on any atom is 0.355 e. The Bertz CT molecular complexity index is 923. The van der Waals surface area contributed by atoms with Crippen LogP contribution in [-0.2, 0) is 24.7 Å². The van der Waals surface area contributed by atoms with Crippen molar-refractivity contribution in [3.63, 3.8) is 0 Å². The zero-order chi connectivity index (χ0) is 18.2. The van der Waals surface area contributed by atoms with Crippen molar-refractivity contribution in [3.8, 4) is 11.4 Å². The van der Waals surface area contributed by atoms with Crippen LogP contribution in [0.25, 0.3) is 11.4 Å². The highest BCUT2D eigenvalue weighted by Gasteiger charge is 2.49. The third-order valence-electron chi connectivity index (χ3n) is 3.99. The molecular weight excluding hydrogens is 328 g/mol. The van der Waals surface area contributed by atoms with Crippen molar-refractivity contribution in [1.82, 2.24) is 14.8 Å². The number of ether oxygens (including phenoxy) is 2. The molecule has 9 heteroatoms. The molecule has 3 rings (SSSR count). The predicted octanol–water partition coefficient (Wildman–Crippen LogP) is 0.428. The number of benzene rings is 1. The lowest BCUT2D eigenvalue weighted by molar-refractivity contribution is -0.157. The summed E-state index contributed by atoms with van der Waals surface area (Å²) in [5.41, 5.74) is -1.04. The molecule has 0 amide bonds. The van der Waals surface area contributed by atoms with Gasteiger partial charge < -0.3 is 14.8 Å². The number of hydrogen-bond acceptors (Lipinski definition) is 8. The molecule has 0 saturated carbocycles. The van der Waals surface area contributed by atoms with Gasteiger partial charge in [0.1, 0.15) is 12.1 Å². The molecule has 1 aliphatic heterocycles. The number of aryl methyl sites for hydroxylation is 1. The van der Waals surface area contributed by atoms with Gasteiger partial charge in [0.05, 0.1) is 14.2 Å². The van der Waals surface area contributed by atoms with E-state index in [4.69, 9.17) is 9.47 Å². The Labute approximate surface area is 142 Å². The molecule has 0 radical (unpaired) electrons. The fourth-order valence-electron chi connectivity index (χ4n) is 2.75. The van der Waals surface area contributed by atoms with Crippen LogP contribution in [0.1, 0.15) is 12.1 Å². The van der Waals surface area contributed by atoms with Crippen molar-refractivity contribution in [3.05, 3.63) is 40.3 Å². The van der Waals surface area contributed by atoms with E-state index < -0.39 is 29.6 Å². The molecule has 1 aliphatic rings. The van der Waals surface area contributed by atoms with Crippen LogP contribution in [0.2, 0.25) is 0 Å². The van der Waals surface area contributed by atoms with Gasteiger partial charge in [0.2, 0.25) is 5.66 Å². The average molecular weight is 344 g/mol. The first-order valence-electron chi connectivity index (χ1n) is 7.44. The van der Waals surface area contributed by atoms with Crippen molar-refractivity contribution in [2.45, 2.75) is 19.0 Å². The Balaban J connectivity index is 2.35. The lowest BCUT2D eigenvalue weighted by Gasteiger charge is -2.38. The highest BCUT2D eigenvalue weighted by Crippen LogP contribution is 2.38. The lowest BCUT2D eigenvalue weighted by Crippen LogP contribution is -2.55. The summed E-state index contributed by atoms with van der Waals surface area (Å²) in [4.78, 5) is 40.7. The number of carbonyl (C=O) groups excluding carboxylic acids is 2. The smallest absolute Gasteiger partial charge is 0.355 e. The van der Waals surface area contributed by atoms with Crippen LogP contribution in [0.5, 0.6) is 0 Å². The number of rotatable bonds is 3. The summed E-state index contributed by atoms with van der Waals surface area (Å²) in [6.07, 6.45) is -0.394. The van der Waals surface area contributed by atoms with E-state index in [0.717, 1.165) is 0 Å². The van der Waals surface area contributed by atoms with Crippen LogP contribution in [0.4, 0.5) is 5.69 Å². The zero-order valence-corrected chi connectivity index (χ0v) is 13.9. The number of nitrogens with one attached hydrogen (secondary N) is 1. The predicted molar refractivity (Wildman–Crippen MR) is 86.7 cm³/mol. The molecule has 0 fully saturated rings. The summed E-state index contributed by atoms with van der Waals surface area (Å²) in [7, 11) is 2.42. The fourth-order valence-corrected chi connectivity index (χ4v) is 2.75. The number of anilines is 1. The van der Waals surface area contributed by atoms with E-state index in [0.29, 0.717) is 11.3 Å². The maximum atomic E-state index is 12.6. The molecule has 1 N–H and O–H groups in total. The van der Waals surface area contributed by atoms with Crippen LogP contribution in [-0.4, -0.2) is 40.9 Å². The van der Waals surface area contributed by atoms with Crippen molar-refractivity contribution >= 4 is 17.6 Å². The highest BCUT2D eigenvalue weighted by atomic mass is 16.5. The molecule has 2 aromatic rings. The Kier molecular flexibility index (Phi) is 3.99. The van der Waals surface area contributed by atoms with E-state index >= 15 is 0 Å². The first-order valence-corrected chi connectivity index (χ1v) is 7.44. The largest absolute Gasteiger partial charge is 0.469 e. The summed E-state index contributed by atoms with van der Waals surface area (Å²) in [5, 5.41) is 7.20. The molecule has 130 valence electrons. The van der Waals surface area contributed by atoms with Crippen LogP contribution >= 0.6 is 0 Å². The Morgan fingerprint density at radius 1 is 1.24 bits per heavy atom. The monoisotopic (exact) mass is 344 g/mol. The summed E-state index contributed by atoms with van der Waals surface area (Å²) < 4.78 is 10.8. The minimum atomic E-state index is -1.71. The summed E-state index contributed by atoms with van der Waals surface area (Å²) in [5.74, 6) is -1.24. The molecule has 1 aromatic carbocycles. The molecule has 9 nitrogen and oxygen atoms in total. The van der Waals surface area contributed by atoms with Gasteiger partial charge in [0.15, 0.2) is 5.82 Å². The second-order valence-electron chi connectivity index (χ2n) is 5.51. The van der Waals surface area contributed by atoms with Crippen molar-refractivity contribution in [1.29, 1.82) is 0 Å². The second-order valence-corrected chi connectivity index (χ2v) is 5.51. The summed E-state index contributed by atoms with van der Waals surface area (Å²) >= 11 is 0. The van der Waals surface area contributed by atoms with Gasteiger partial charge >= 0.3 is 11.9 Å². The Morgan fingerprint density at radius 2 is 1.96 bits per heavy atom. The minimum Gasteiger partial charge on any atom is -0.469 e. The van der Waals surface area contributed by atoms with Gasteiger partial charge in [0.25, 0.3) is 5.56 Å². The third-order valence-corrected chi connectivity index (χ3v) is 3.99. The third kappa shape index (κ3) is 2.53. The maximum absolute atomic E-state index is 12.6. The van der Waals surface area contributed by atoms with Gasteiger partial charge in [-0.25, -0.2) is 9.48 Å². The zero-order valence-electron chi connectivity index (χ0n) is 13.9. The molecule has 0 unspecified atom stereocenters. The standard InChI is InChI=1S/C16H16N4O5/c1-9-14(22)17-13-10-6-4-5-7-11(10)18-16(15(23)25-3,20(13)19-9)8-12(21)24-2/h4-7,18H,8H2,1-3H3/t16-/m0/s1. The number of methoxy groups -OCH3 is 2. The number of esters is 2. The van der Waals surface area contributed by atoms with E-state index in [1.54, 1.807) is 24.3 Å². The average Bonchev–Trinajstić information content (AvgIpc) is 2.62. The van der Waals surface area contributed by atoms with Crippen molar-refractivity contribution < 1.29 is 19.1 Å². The van der Waals surface area contributed by atoms with Crippen molar-refractivity contribution in [2.24, 2.45) is 0 Å². The van der Waals surface area contributed by atoms with Crippen LogP contribution in [0.15, 0.2) is 29.1 Å². The lowest BCUT2D eigenvalue weighted by atomic mass is 9.99. The van der Waals surface area contributed by atoms with Crippen molar-refractivity contribution in [2.75, 3.05) is 19.5 Å². The van der Waals surface area contributed by atoms with E-state index in [1.165, 1.54) is 25.8 Å². The normalized spacial score (nSPS) is 17.7. The Hall–Kier alpha value is -3.23. The Morgan fingerprint density at radius 3 is 2.64 bits per heavy atom. The molecule has 25 heavy (non-hydrogen) atoms. The quantitative estimate of drug-likeness (QED) is 0.798. The number of carbonyl (C=O) groups is 2. The van der Waals surface area contributed by atoms with Crippen LogP contribution in [0.3, 0.4) is 0 Å². The molecular formula is C16H16N4O5. The molecule has 0 saturated heterocycles. The summed E-state index contributed by atoms with van der Waals surface area (Å²) in [6, 6.07) is 6.96. The molecule has 0 bridgehead atoms. The SMILES string of the molecule is COC(=O)C[C@]1(C(=O)OC)Nc2ccccc2-c2nc(=O)c(C)nn21. The summed E-state index contributed by atoms with van der Waals surface area (Å²) in [6.45, 7) is 1.48. The van der Waals surface area contributed by atoms with E-state index in [2.05, 4.69) is 15.4 Å². The van der Waals surface area contributed by atoms with Gasteiger partial charge in [-0.1, -0.05) is 12.1 Å². The van der Waals surface area contributed by atoms with E-state index in [1.807, 2.05) is 0 Å². The highest BCUT2D eigenvalue weighted by molar-refractivity contribution is 5.91. The van der Waals surface area contributed by atoms with E-state index in [9.17, 15) is 14.4 Å². The van der Waals surface area contributed by atoms with Crippen LogP contribution < -0.4 is 10.9 Å². The number of fused-ring (bicyclic) bond motifs is 3. The molecule has 1 atom stereocenters. The van der Waals surface area contributed by atoms with Gasteiger partial charge in [-0.15, -0.1) is 0 Å². The second kappa shape index (κ2) is 6.00. The minimum absolute atomic E-state index is 0.0862.